The van der Waals surface area contributed by atoms with Crippen molar-refractivity contribution < 1.29 is 19.1 Å². The summed E-state index contributed by atoms with van der Waals surface area (Å²) in [5.41, 5.74) is 1.69. The van der Waals surface area contributed by atoms with Crippen molar-refractivity contribution in [2.24, 2.45) is 5.92 Å². The van der Waals surface area contributed by atoms with Crippen LogP contribution in [0, 0.1) is 5.92 Å². The molecule has 0 bridgehead atoms. The molecule has 0 radical (unpaired) electrons. The normalized spacial score (nSPS) is 21.8. The number of carbonyl (C=O) groups is 2. The number of methoxy groups -OCH3 is 2. The maximum atomic E-state index is 13.4. The fourth-order valence-electron chi connectivity index (χ4n) is 4.93. The van der Waals surface area contributed by atoms with Gasteiger partial charge in [-0.1, -0.05) is 37.8 Å². The molecule has 1 saturated heterocycles. The van der Waals surface area contributed by atoms with Crippen molar-refractivity contribution in [2.45, 2.75) is 57.0 Å². The lowest BCUT2D eigenvalue weighted by Gasteiger charge is -2.29. The minimum absolute atomic E-state index is 0.0259. The first-order valence-corrected chi connectivity index (χ1v) is 11.5. The first-order valence-electron chi connectivity index (χ1n) is 11.5. The molecular weight excluding hydrogens is 404 g/mol. The Labute approximate surface area is 189 Å². The first kappa shape index (κ1) is 22.2. The van der Waals surface area contributed by atoms with Crippen LogP contribution in [0.25, 0.3) is 0 Å². The van der Waals surface area contributed by atoms with E-state index >= 15 is 0 Å². The molecule has 2 aromatic carbocycles. The molecule has 1 heterocycles. The molecule has 1 N–H and O–H groups in total. The predicted octanol–water partition coefficient (Wildman–Crippen LogP) is 4.64. The Balaban J connectivity index is 1.64. The van der Waals surface area contributed by atoms with Crippen molar-refractivity contribution >= 4 is 17.5 Å². The van der Waals surface area contributed by atoms with Gasteiger partial charge >= 0.3 is 0 Å². The molecule has 0 spiro atoms. The van der Waals surface area contributed by atoms with Gasteiger partial charge in [0, 0.05) is 18.2 Å². The number of anilines is 1. The quantitative estimate of drug-likeness (QED) is 0.670. The van der Waals surface area contributed by atoms with Crippen LogP contribution >= 0.6 is 0 Å². The third-order valence-electron chi connectivity index (χ3n) is 6.67. The van der Waals surface area contributed by atoms with Gasteiger partial charge in [0.05, 0.1) is 26.2 Å². The molecule has 2 aliphatic rings. The fraction of sp³-hybridized carbons (Fsp3) is 0.462. The monoisotopic (exact) mass is 436 g/mol. The average Bonchev–Trinajstić information content (AvgIpc) is 2.98. The van der Waals surface area contributed by atoms with Gasteiger partial charge in [-0.25, -0.2) is 0 Å². The second-order valence-corrected chi connectivity index (χ2v) is 8.69. The van der Waals surface area contributed by atoms with E-state index in [0.29, 0.717) is 0 Å². The number of nitrogens with zero attached hydrogens (tertiary/aromatic N) is 1. The second kappa shape index (κ2) is 10.1. The summed E-state index contributed by atoms with van der Waals surface area (Å²) < 4.78 is 10.6. The van der Waals surface area contributed by atoms with Gasteiger partial charge in [0.25, 0.3) is 0 Å². The van der Waals surface area contributed by atoms with Gasteiger partial charge in [0.2, 0.25) is 11.8 Å². The number of benzene rings is 2. The highest BCUT2D eigenvalue weighted by Crippen LogP contribution is 2.42. The van der Waals surface area contributed by atoms with E-state index in [0.717, 1.165) is 48.4 Å². The topological polar surface area (TPSA) is 67.9 Å². The Morgan fingerprint density at radius 2 is 1.44 bits per heavy atom. The zero-order valence-electron chi connectivity index (χ0n) is 18.9. The highest BCUT2D eigenvalue weighted by atomic mass is 16.5. The summed E-state index contributed by atoms with van der Waals surface area (Å²) in [6.45, 7) is 0. The molecule has 1 aliphatic carbocycles. The van der Waals surface area contributed by atoms with Gasteiger partial charge in [-0.15, -0.1) is 0 Å². The summed E-state index contributed by atoms with van der Waals surface area (Å²) in [6.07, 6.45) is 6.98. The second-order valence-electron chi connectivity index (χ2n) is 8.69. The van der Waals surface area contributed by atoms with Gasteiger partial charge < -0.3 is 19.7 Å². The molecule has 32 heavy (non-hydrogen) atoms. The number of hydrogen-bond acceptors (Lipinski definition) is 4. The third-order valence-corrected chi connectivity index (χ3v) is 6.67. The molecular formula is C26H32N2O4. The lowest BCUT2D eigenvalue weighted by atomic mass is 9.92. The van der Waals surface area contributed by atoms with Crippen LogP contribution in [0.5, 0.6) is 11.5 Å². The SMILES string of the molecule is COc1ccc([C@H]2[C@H](C(=O)NC3CCCCCC3)CC(=O)N2c2ccc(OC)cc2)cc1. The zero-order valence-corrected chi connectivity index (χ0v) is 18.9. The fourth-order valence-corrected chi connectivity index (χ4v) is 4.93. The predicted molar refractivity (Wildman–Crippen MR) is 124 cm³/mol. The maximum absolute atomic E-state index is 13.4. The van der Waals surface area contributed by atoms with E-state index in [9.17, 15) is 9.59 Å². The summed E-state index contributed by atoms with van der Waals surface area (Å²) in [4.78, 5) is 28.4. The van der Waals surface area contributed by atoms with Gasteiger partial charge in [-0.3, -0.25) is 9.59 Å². The summed E-state index contributed by atoms with van der Waals surface area (Å²) in [7, 11) is 3.24. The lowest BCUT2D eigenvalue weighted by molar-refractivity contribution is -0.127. The zero-order chi connectivity index (χ0) is 22.5. The lowest BCUT2D eigenvalue weighted by Crippen LogP contribution is -2.41. The van der Waals surface area contributed by atoms with Crippen molar-refractivity contribution in [2.75, 3.05) is 19.1 Å². The van der Waals surface area contributed by atoms with Crippen LogP contribution in [0.1, 0.15) is 56.6 Å². The molecule has 6 nitrogen and oxygen atoms in total. The van der Waals surface area contributed by atoms with Gasteiger partial charge in [-0.2, -0.15) is 0 Å². The first-order chi connectivity index (χ1) is 15.6. The summed E-state index contributed by atoms with van der Waals surface area (Å²) in [5, 5.41) is 3.27. The van der Waals surface area contributed by atoms with Crippen molar-refractivity contribution in [1.82, 2.24) is 5.32 Å². The van der Waals surface area contributed by atoms with Gasteiger partial charge in [-0.05, 0) is 54.8 Å². The molecule has 4 rings (SSSR count). The van der Waals surface area contributed by atoms with E-state index in [4.69, 9.17) is 9.47 Å². The largest absolute Gasteiger partial charge is 0.497 e. The van der Waals surface area contributed by atoms with Gasteiger partial charge in [0.15, 0.2) is 0 Å². The van der Waals surface area contributed by atoms with Gasteiger partial charge in [0.1, 0.15) is 11.5 Å². The number of rotatable bonds is 6. The van der Waals surface area contributed by atoms with E-state index in [1.54, 1.807) is 19.1 Å². The molecule has 6 heteroatoms. The number of carbonyl (C=O) groups excluding carboxylic acids is 2. The van der Waals surface area contributed by atoms with E-state index in [1.165, 1.54) is 12.8 Å². The molecule has 1 saturated carbocycles. The maximum Gasteiger partial charge on any atom is 0.228 e. The minimum Gasteiger partial charge on any atom is -0.497 e. The highest BCUT2D eigenvalue weighted by molar-refractivity contribution is 6.01. The molecule has 1 aliphatic heterocycles. The van der Waals surface area contributed by atoms with Crippen LogP contribution in [0.15, 0.2) is 48.5 Å². The van der Waals surface area contributed by atoms with E-state index in [2.05, 4.69) is 5.32 Å². The molecule has 0 aromatic heterocycles. The minimum atomic E-state index is -0.443. The molecule has 2 amide bonds. The Morgan fingerprint density at radius 1 is 0.875 bits per heavy atom. The highest BCUT2D eigenvalue weighted by Gasteiger charge is 2.45. The number of nitrogens with one attached hydrogen (secondary N) is 1. The van der Waals surface area contributed by atoms with Crippen LogP contribution in [0.4, 0.5) is 5.69 Å². The average molecular weight is 437 g/mol. The number of amides is 2. The van der Waals surface area contributed by atoms with Crippen molar-refractivity contribution in [1.29, 1.82) is 0 Å². The third kappa shape index (κ3) is 4.74. The Hall–Kier alpha value is -3.02. The summed E-state index contributed by atoms with van der Waals surface area (Å²) in [6, 6.07) is 14.9. The van der Waals surface area contributed by atoms with Crippen molar-refractivity contribution in [3.63, 3.8) is 0 Å². The summed E-state index contributed by atoms with van der Waals surface area (Å²) >= 11 is 0. The molecule has 0 unspecified atom stereocenters. The molecule has 2 fully saturated rings. The van der Waals surface area contributed by atoms with E-state index in [1.807, 2.05) is 48.5 Å². The Bertz CT molecular complexity index is 918. The summed E-state index contributed by atoms with van der Waals surface area (Å²) in [5.74, 6) is 0.956. The Morgan fingerprint density at radius 3 is 2.00 bits per heavy atom. The molecule has 170 valence electrons. The number of hydrogen-bond donors (Lipinski definition) is 1. The van der Waals surface area contributed by atoms with Crippen molar-refractivity contribution in [3.8, 4) is 11.5 Å². The van der Waals surface area contributed by atoms with Crippen LogP contribution in [-0.4, -0.2) is 32.1 Å². The van der Waals surface area contributed by atoms with Crippen molar-refractivity contribution in [3.05, 3.63) is 54.1 Å². The molecule has 2 aromatic rings. The van der Waals surface area contributed by atoms with E-state index < -0.39 is 5.92 Å². The molecule has 2 atom stereocenters. The standard InChI is InChI=1S/C26H32N2O4/c1-31-21-13-9-18(10-14-21)25-23(26(30)27-19-7-5-3-4-6-8-19)17-24(29)28(25)20-11-15-22(32-2)16-12-20/h9-16,19,23,25H,3-8,17H2,1-2H3,(H,27,30)/t23-,25+/m1/s1. The van der Waals surface area contributed by atoms with Crippen LogP contribution in [0.2, 0.25) is 0 Å². The van der Waals surface area contributed by atoms with Crippen LogP contribution in [-0.2, 0) is 9.59 Å². The smallest absolute Gasteiger partial charge is 0.228 e. The van der Waals surface area contributed by atoms with Crippen LogP contribution < -0.4 is 19.7 Å². The van der Waals surface area contributed by atoms with E-state index in [-0.39, 0.29) is 30.3 Å². The van der Waals surface area contributed by atoms with Crippen LogP contribution in [0.3, 0.4) is 0 Å². The number of ether oxygens (including phenoxy) is 2. The Kier molecular flexibility index (Phi) is 6.98.